The van der Waals surface area contributed by atoms with Crippen LogP contribution in [0, 0.1) is 5.92 Å². The third kappa shape index (κ3) is 36.5. The Morgan fingerprint density at radius 2 is 1.07 bits per heavy atom. The monoisotopic (exact) mass is 426 g/mol. The highest BCUT2D eigenvalue weighted by atomic mass is 16.4. The molecule has 0 amide bonds. The predicted molar refractivity (Wildman–Crippen MR) is 123 cm³/mol. The summed E-state index contributed by atoms with van der Waals surface area (Å²) in [6.07, 6.45) is 20.7. The first-order valence-electron chi connectivity index (χ1n) is 10.8. The average molecular weight is 427 g/mol. The molecular weight excluding hydrogens is 384 g/mol. The number of carboxylic acid groups (broad SMARTS) is 3. The van der Waals surface area contributed by atoms with Crippen molar-refractivity contribution in [3.63, 3.8) is 0 Å². The highest BCUT2D eigenvalue weighted by Gasteiger charge is 2.14. The van der Waals surface area contributed by atoms with Gasteiger partial charge in [-0.3, -0.25) is 14.4 Å². The molecule has 0 rings (SSSR count). The van der Waals surface area contributed by atoms with Crippen LogP contribution in [0.3, 0.4) is 0 Å². The fourth-order valence-corrected chi connectivity index (χ4v) is 2.21. The second kappa shape index (κ2) is 26.6. The van der Waals surface area contributed by atoms with Crippen LogP contribution in [0.15, 0.2) is 36.5 Å². The molecule has 6 heteroatoms. The molecule has 174 valence electrons. The molecule has 0 aromatic heterocycles. The number of carbonyl (C=O) groups is 3. The van der Waals surface area contributed by atoms with Gasteiger partial charge in [-0.15, -0.1) is 0 Å². The first-order chi connectivity index (χ1) is 14.2. The fraction of sp³-hybridized carbons (Fsp3) is 0.625. The minimum Gasteiger partial charge on any atom is -0.481 e. The van der Waals surface area contributed by atoms with E-state index in [1.54, 1.807) is 0 Å². The molecule has 0 saturated carbocycles. The predicted octanol–water partition coefficient (Wildman–Crippen LogP) is 6.48. The van der Waals surface area contributed by atoms with Gasteiger partial charge in [0.1, 0.15) is 0 Å². The van der Waals surface area contributed by atoms with Crippen LogP contribution in [-0.2, 0) is 14.4 Å². The van der Waals surface area contributed by atoms with E-state index in [0.29, 0.717) is 0 Å². The highest BCUT2D eigenvalue weighted by molar-refractivity contribution is 5.69. The van der Waals surface area contributed by atoms with E-state index in [2.05, 4.69) is 51.2 Å². The summed E-state index contributed by atoms with van der Waals surface area (Å²) in [4.78, 5) is 30.0. The summed E-state index contributed by atoms with van der Waals surface area (Å²) in [7, 11) is 0. The Bertz CT molecular complexity index is 484. The number of hydrogen-bond donors (Lipinski definition) is 3. The largest absolute Gasteiger partial charge is 0.481 e. The Balaban J connectivity index is -0.000000442. The molecule has 0 fully saturated rings. The van der Waals surface area contributed by atoms with Gasteiger partial charge in [-0.25, -0.2) is 0 Å². The lowest BCUT2D eigenvalue weighted by molar-refractivity contribution is -0.142. The summed E-state index contributed by atoms with van der Waals surface area (Å²) in [5, 5.41) is 24.7. The number of carboxylic acids is 3. The van der Waals surface area contributed by atoms with Gasteiger partial charge in [0.05, 0.1) is 5.92 Å². The Kier molecular flexibility index (Phi) is 28.7. The molecular formula is C24H42O6. The molecule has 0 bridgehead atoms. The van der Waals surface area contributed by atoms with Crippen molar-refractivity contribution in [3.8, 4) is 0 Å². The van der Waals surface area contributed by atoms with Crippen LogP contribution in [0.5, 0.6) is 0 Å². The SMILES string of the molecule is CC(=O)O.CC/C=C\CCC(CC/C=C\CC)C(=O)O.CC/C=C\CCCC(=O)O. The third-order valence-corrected chi connectivity index (χ3v) is 3.68. The maximum absolute atomic E-state index is 11.0. The molecule has 0 aliphatic heterocycles. The number of hydrogen-bond acceptors (Lipinski definition) is 3. The molecule has 0 aliphatic rings. The average Bonchev–Trinajstić information content (AvgIpc) is 2.66. The van der Waals surface area contributed by atoms with Gasteiger partial charge in [-0.1, -0.05) is 57.2 Å². The normalized spacial score (nSPS) is 10.7. The van der Waals surface area contributed by atoms with Gasteiger partial charge in [0.2, 0.25) is 0 Å². The molecule has 6 nitrogen and oxygen atoms in total. The quantitative estimate of drug-likeness (QED) is 0.216. The second-order valence-corrected chi connectivity index (χ2v) is 6.63. The van der Waals surface area contributed by atoms with Crippen LogP contribution in [0.1, 0.15) is 91.9 Å². The molecule has 0 heterocycles. The van der Waals surface area contributed by atoms with Crippen LogP contribution in [0.2, 0.25) is 0 Å². The Morgan fingerprint density at radius 1 is 0.700 bits per heavy atom. The molecule has 0 radical (unpaired) electrons. The van der Waals surface area contributed by atoms with Gasteiger partial charge >= 0.3 is 11.9 Å². The summed E-state index contributed by atoms with van der Waals surface area (Å²) in [5.41, 5.74) is 0. The zero-order valence-electron chi connectivity index (χ0n) is 19.2. The van der Waals surface area contributed by atoms with Gasteiger partial charge in [-0.2, -0.15) is 0 Å². The topological polar surface area (TPSA) is 112 Å². The highest BCUT2D eigenvalue weighted by Crippen LogP contribution is 2.15. The molecule has 30 heavy (non-hydrogen) atoms. The summed E-state index contributed by atoms with van der Waals surface area (Å²) >= 11 is 0. The zero-order chi connectivity index (χ0) is 23.6. The van der Waals surface area contributed by atoms with Gasteiger partial charge in [0.15, 0.2) is 0 Å². The lowest BCUT2D eigenvalue weighted by atomic mass is 9.97. The van der Waals surface area contributed by atoms with Crippen molar-refractivity contribution in [1.29, 1.82) is 0 Å². The van der Waals surface area contributed by atoms with E-state index in [1.807, 2.05) is 6.08 Å². The first-order valence-corrected chi connectivity index (χ1v) is 10.8. The molecule has 0 spiro atoms. The van der Waals surface area contributed by atoms with E-state index < -0.39 is 17.9 Å². The Hall–Kier alpha value is -2.37. The van der Waals surface area contributed by atoms with Crippen molar-refractivity contribution in [2.75, 3.05) is 0 Å². The van der Waals surface area contributed by atoms with E-state index >= 15 is 0 Å². The maximum atomic E-state index is 11.0. The summed E-state index contributed by atoms with van der Waals surface area (Å²) in [6, 6.07) is 0. The zero-order valence-corrected chi connectivity index (χ0v) is 19.2. The van der Waals surface area contributed by atoms with Gasteiger partial charge in [0.25, 0.3) is 5.97 Å². The van der Waals surface area contributed by atoms with Crippen LogP contribution in [-0.4, -0.2) is 33.2 Å². The third-order valence-electron chi connectivity index (χ3n) is 3.68. The molecule has 0 aromatic rings. The molecule has 0 aliphatic carbocycles. The van der Waals surface area contributed by atoms with Crippen molar-refractivity contribution in [2.45, 2.75) is 91.9 Å². The summed E-state index contributed by atoms with van der Waals surface area (Å²) in [5.74, 6) is -2.39. The van der Waals surface area contributed by atoms with Crippen LogP contribution in [0.25, 0.3) is 0 Å². The smallest absolute Gasteiger partial charge is 0.306 e. The number of rotatable bonds is 14. The van der Waals surface area contributed by atoms with Crippen molar-refractivity contribution in [1.82, 2.24) is 0 Å². The summed E-state index contributed by atoms with van der Waals surface area (Å²) in [6.45, 7) is 7.31. The molecule has 0 atom stereocenters. The van der Waals surface area contributed by atoms with E-state index in [1.165, 1.54) is 0 Å². The number of allylic oxidation sites excluding steroid dienone is 6. The van der Waals surface area contributed by atoms with E-state index in [4.69, 9.17) is 20.1 Å². The van der Waals surface area contributed by atoms with E-state index in [-0.39, 0.29) is 12.3 Å². The van der Waals surface area contributed by atoms with Gasteiger partial charge < -0.3 is 15.3 Å². The van der Waals surface area contributed by atoms with E-state index in [9.17, 15) is 9.59 Å². The van der Waals surface area contributed by atoms with Gasteiger partial charge in [0, 0.05) is 13.3 Å². The summed E-state index contributed by atoms with van der Waals surface area (Å²) < 4.78 is 0. The van der Waals surface area contributed by atoms with Crippen LogP contribution in [0.4, 0.5) is 0 Å². The Labute approximate surface area is 182 Å². The minimum absolute atomic E-state index is 0.192. The van der Waals surface area contributed by atoms with E-state index in [0.717, 1.165) is 64.7 Å². The standard InChI is InChI=1S/C14H24O2.C8H14O2.C2H4O2/c1-3-5-7-9-11-13(14(15)16)12-10-8-6-4-2;1-2-3-4-5-6-7-8(9)10;1-2(3)4/h5-8,13H,3-4,9-12H2,1-2H3,(H,15,16);3-4H,2,5-7H2,1H3,(H,9,10);1H3,(H,3,4)/b7-5-,8-6-;4-3-;. The maximum Gasteiger partial charge on any atom is 0.306 e. The second-order valence-electron chi connectivity index (χ2n) is 6.63. The lowest BCUT2D eigenvalue weighted by Crippen LogP contribution is -2.12. The van der Waals surface area contributed by atoms with Crippen molar-refractivity contribution < 1.29 is 29.7 Å². The van der Waals surface area contributed by atoms with Crippen molar-refractivity contribution in [2.24, 2.45) is 5.92 Å². The van der Waals surface area contributed by atoms with Gasteiger partial charge in [-0.05, 0) is 57.8 Å². The minimum atomic E-state index is -0.833. The number of unbranched alkanes of at least 4 members (excludes halogenated alkanes) is 1. The van der Waals surface area contributed by atoms with Crippen molar-refractivity contribution >= 4 is 17.9 Å². The lowest BCUT2D eigenvalue weighted by Gasteiger charge is -2.09. The molecule has 0 saturated heterocycles. The molecule has 0 aromatic carbocycles. The Morgan fingerprint density at radius 3 is 1.37 bits per heavy atom. The number of aliphatic carboxylic acids is 3. The van der Waals surface area contributed by atoms with Crippen LogP contribution >= 0.6 is 0 Å². The first kappa shape index (κ1) is 32.3. The molecule has 3 N–H and O–H groups in total. The van der Waals surface area contributed by atoms with Crippen molar-refractivity contribution in [3.05, 3.63) is 36.5 Å². The van der Waals surface area contributed by atoms with Crippen LogP contribution < -0.4 is 0 Å². The molecule has 0 unspecified atom stereocenters. The fourth-order valence-electron chi connectivity index (χ4n) is 2.21.